The van der Waals surface area contributed by atoms with Crippen molar-refractivity contribution < 1.29 is 14.3 Å². The van der Waals surface area contributed by atoms with E-state index in [2.05, 4.69) is 34.9 Å². The van der Waals surface area contributed by atoms with Gasteiger partial charge >= 0.3 is 6.09 Å². The number of anilines is 1. The smallest absolute Gasteiger partial charge is 0.408 e. The molecule has 0 aromatic heterocycles. The molecule has 0 heterocycles. The Labute approximate surface area is 206 Å². The molecule has 6 heteroatoms. The van der Waals surface area contributed by atoms with Crippen molar-refractivity contribution in [2.24, 2.45) is 11.7 Å². The van der Waals surface area contributed by atoms with Crippen molar-refractivity contribution in [3.63, 3.8) is 0 Å². The second-order valence-electron chi connectivity index (χ2n) is 9.10. The lowest BCUT2D eigenvalue weighted by molar-refractivity contribution is -0.119. The fraction of sp³-hybridized carbons (Fsp3) is 0.310. The fourth-order valence-corrected chi connectivity index (χ4v) is 4.80. The van der Waals surface area contributed by atoms with Crippen LogP contribution in [-0.2, 0) is 22.7 Å². The number of hydrogen-bond donors (Lipinski definition) is 3. The van der Waals surface area contributed by atoms with Gasteiger partial charge in [-0.3, -0.25) is 4.79 Å². The predicted molar refractivity (Wildman–Crippen MR) is 138 cm³/mol. The molecule has 0 unspecified atom stereocenters. The summed E-state index contributed by atoms with van der Waals surface area (Å²) in [6, 6.07) is 26.8. The summed E-state index contributed by atoms with van der Waals surface area (Å²) in [7, 11) is 0. The summed E-state index contributed by atoms with van der Waals surface area (Å²) in [5.41, 5.74) is 9.57. The van der Waals surface area contributed by atoms with Crippen LogP contribution in [0.25, 0.3) is 0 Å². The van der Waals surface area contributed by atoms with Crippen molar-refractivity contribution in [3.8, 4) is 0 Å². The Morgan fingerprint density at radius 2 is 1.51 bits per heavy atom. The lowest BCUT2D eigenvalue weighted by atomic mass is 9.76. The number of alkyl carbamates (subject to hydrolysis) is 1. The summed E-state index contributed by atoms with van der Waals surface area (Å²) in [6.45, 7) is 0.543. The first-order valence-electron chi connectivity index (χ1n) is 12.2. The Bertz CT molecular complexity index is 1100. The van der Waals surface area contributed by atoms with Crippen molar-refractivity contribution in [2.45, 2.75) is 50.8 Å². The minimum absolute atomic E-state index is 0.0249. The highest BCUT2D eigenvalue weighted by Gasteiger charge is 2.34. The maximum Gasteiger partial charge on any atom is 0.408 e. The molecule has 3 aromatic rings. The summed E-state index contributed by atoms with van der Waals surface area (Å²) >= 11 is 0. The van der Waals surface area contributed by atoms with E-state index >= 15 is 0 Å². The molecule has 0 saturated heterocycles. The van der Waals surface area contributed by atoms with Crippen LogP contribution < -0.4 is 16.4 Å². The number of ether oxygens (including phenoxy) is 1. The summed E-state index contributed by atoms with van der Waals surface area (Å²) < 4.78 is 5.43. The largest absolute Gasteiger partial charge is 0.445 e. The van der Waals surface area contributed by atoms with Gasteiger partial charge in [-0.15, -0.1) is 0 Å². The van der Waals surface area contributed by atoms with Crippen LogP contribution >= 0.6 is 0 Å². The maximum atomic E-state index is 13.4. The number of amides is 2. The van der Waals surface area contributed by atoms with Gasteiger partial charge in [-0.1, -0.05) is 72.8 Å². The van der Waals surface area contributed by atoms with E-state index in [4.69, 9.17) is 10.5 Å². The van der Waals surface area contributed by atoms with Crippen LogP contribution in [0, 0.1) is 5.92 Å². The first-order chi connectivity index (χ1) is 17.1. The van der Waals surface area contributed by atoms with Crippen molar-refractivity contribution in [1.82, 2.24) is 5.32 Å². The molecular formula is C29H33N3O3. The number of nitrogens with two attached hydrogens (primary N) is 1. The average Bonchev–Trinajstić information content (AvgIpc) is 2.92. The molecule has 1 atom stereocenters. The highest BCUT2D eigenvalue weighted by atomic mass is 16.5. The predicted octanol–water partition coefficient (Wildman–Crippen LogP) is 5.35. The third kappa shape index (κ3) is 6.93. The SMILES string of the molecule is NCc1cccc(NC(=O)[C@H](NC(=O)OCc2ccccc2)C2CCC(c3ccccc3)CC2)c1. The quantitative estimate of drug-likeness (QED) is 0.413. The highest BCUT2D eigenvalue weighted by molar-refractivity contribution is 5.96. The zero-order valence-corrected chi connectivity index (χ0v) is 19.9. The zero-order valence-electron chi connectivity index (χ0n) is 19.9. The minimum atomic E-state index is -0.684. The van der Waals surface area contributed by atoms with Crippen LogP contribution in [0.5, 0.6) is 0 Å². The molecule has 0 spiro atoms. The Morgan fingerprint density at radius 1 is 0.857 bits per heavy atom. The molecule has 3 aromatic carbocycles. The first kappa shape index (κ1) is 24.5. The third-order valence-corrected chi connectivity index (χ3v) is 6.71. The molecular weight excluding hydrogens is 438 g/mol. The molecule has 0 radical (unpaired) electrons. The van der Waals surface area contributed by atoms with Crippen LogP contribution in [-0.4, -0.2) is 18.0 Å². The van der Waals surface area contributed by atoms with Crippen LogP contribution in [0.3, 0.4) is 0 Å². The maximum absolute atomic E-state index is 13.4. The Hall–Kier alpha value is -3.64. The van der Waals surface area contributed by atoms with Crippen molar-refractivity contribution in [1.29, 1.82) is 0 Å². The summed E-state index contributed by atoms with van der Waals surface area (Å²) in [4.78, 5) is 26.0. The number of rotatable bonds is 8. The molecule has 1 aliphatic carbocycles. The van der Waals surface area contributed by atoms with E-state index in [1.807, 2.05) is 60.7 Å². The highest BCUT2D eigenvalue weighted by Crippen LogP contribution is 2.37. The molecule has 35 heavy (non-hydrogen) atoms. The second kappa shape index (κ2) is 12.2. The van der Waals surface area contributed by atoms with Crippen LogP contribution in [0.15, 0.2) is 84.9 Å². The second-order valence-corrected chi connectivity index (χ2v) is 9.10. The zero-order chi connectivity index (χ0) is 24.5. The Kier molecular flexibility index (Phi) is 8.52. The Morgan fingerprint density at radius 3 is 2.20 bits per heavy atom. The van der Waals surface area contributed by atoms with Gasteiger partial charge in [-0.25, -0.2) is 4.79 Å². The number of carbonyl (C=O) groups excluding carboxylic acids is 2. The third-order valence-electron chi connectivity index (χ3n) is 6.71. The molecule has 4 rings (SSSR count). The molecule has 1 fully saturated rings. The summed E-state index contributed by atoms with van der Waals surface area (Å²) in [5, 5.41) is 5.83. The average molecular weight is 472 g/mol. The van der Waals surface area contributed by atoms with Crippen LogP contribution in [0.4, 0.5) is 10.5 Å². The molecule has 182 valence electrons. The van der Waals surface area contributed by atoms with Gasteiger partial charge in [0.2, 0.25) is 5.91 Å². The van der Waals surface area contributed by atoms with Crippen LogP contribution in [0.2, 0.25) is 0 Å². The lowest BCUT2D eigenvalue weighted by Gasteiger charge is -2.33. The van der Waals surface area contributed by atoms with Gasteiger partial charge in [0.1, 0.15) is 12.6 Å². The Balaban J connectivity index is 1.43. The van der Waals surface area contributed by atoms with Gasteiger partial charge < -0.3 is 21.1 Å². The number of hydrogen-bond acceptors (Lipinski definition) is 4. The van der Waals surface area contributed by atoms with E-state index in [-0.39, 0.29) is 18.4 Å². The number of nitrogens with one attached hydrogen (secondary N) is 2. The topological polar surface area (TPSA) is 93.5 Å². The molecule has 1 aliphatic rings. The molecule has 6 nitrogen and oxygen atoms in total. The van der Waals surface area contributed by atoms with Crippen LogP contribution in [0.1, 0.15) is 48.3 Å². The van der Waals surface area contributed by atoms with Gasteiger partial charge in [0, 0.05) is 12.2 Å². The van der Waals surface area contributed by atoms with Gasteiger partial charge in [0.15, 0.2) is 0 Å². The lowest BCUT2D eigenvalue weighted by Crippen LogP contribution is -2.49. The van der Waals surface area contributed by atoms with Crippen molar-refractivity contribution in [2.75, 3.05) is 5.32 Å². The monoisotopic (exact) mass is 471 g/mol. The van der Waals surface area contributed by atoms with Gasteiger partial charge in [-0.2, -0.15) is 0 Å². The fourth-order valence-electron chi connectivity index (χ4n) is 4.80. The first-order valence-corrected chi connectivity index (χ1v) is 12.2. The van der Waals surface area contributed by atoms with E-state index in [9.17, 15) is 9.59 Å². The van der Waals surface area contributed by atoms with E-state index in [0.717, 1.165) is 36.8 Å². The summed E-state index contributed by atoms with van der Waals surface area (Å²) in [6.07, 6.45) is 3.05. The standard InChI is InChI=1S/C29H33N3O3/c30-19-22-10-7-13-26(18-22)31-28(33)27(32-29(34)35-20-21-8-3-1-4-9-21)25-16-14-24(15-17-25)23-11-5-2-6-12-23/h1-13,18,24-25,27H,14-17,19-20,30H2,(H,31,33)(H,32,34)/t24?,25?,27-/m1/s1. The summed E-state index contributed by atoms with van der Waals surface area (Å²) in [5.74, 6) is 0.262. The van der Waals surface area contributed by atoms with Gasteiger partial charge in [-0.05, 0) is 66.3 Å². The van der Waals surface area contributed by atoms with E-state index in [1.54, 1.807) is 0 Å². The normalized spacial score (nSPS) is 18.3. The molecule has 0 aliphatic heterocycles. The number of carbonyl (C=O) groups is 2. The van der Waals surface area contributed by atoms with E-state index < -0.39 is 12.1 Å². The molecule has 2 amide bonds. The van der Waals surface area contributed by atoms with Gasteiger partial charge in [0.25, 0.3) is 0 Å². The molecule has 0 bridgehead atoms. The van der Waals surface area contributed by atoms with Gasteiger partial charge in [0.05, 0.1) is 0 Å². The number of benzene rings is 3. The van der Waals surface area contributed by atoms with E-state index in [0.29, 0.717) is 18.2 Å². The molecule has 1 saturated carbocycles. The molecule has 4 N–H and O–H groups in total. The van der Waals surface area contributed by atoms with Crippen molar-refractivity contribution >= 4 is 17.7 Å². The van der Waals surface area contributed by atoms with Crippen molar-refractivity contribution in [3.05, 3.63) is 102 Å². The van der Waals surface area contributed by atoms with E-state index in [1.165, 1.54) is 5.56 Å². The minimum Gasteiger partial charge on any atom is -0.445 e.